The van der Waals surface area contributed by atoms with Crippen LogP contribution in [0.15, 0.2) is 36.5 Å². The predicted molar refractivity (Wildman–Crippen MR) is 120 cm³/mol. The molecule has 1 aliphatic heterocycles. The van der Waals surface area contributed by atoms with Gasteiger partial charge in [-0.3, -0.25) is 4.79 Å². The minimum Gasteiger partial charge on any atom is -0.369 e. The number of likely N-dealkylation sites (N-methyl/N-ethyl adjacent to an activating group) is 1. The molecule has 3 fully saturated rings. The van der Waals surface area contributed by atoms with Gasteiger partial charge < -0.3 is 26.2 Å². The van der Waals surface area contributed by atoms with Crippen molar-refractivity contribution in [2.24, 2.45) is 23.0 Å². The van der Waals surface area contributed by atoms with Crippen LogP contribution >= 0.6 is 0 Å². The van der Waals surface area contributed by atoms with Gasteiger partial charge in [0.1, 0.15) is 0 Å². The molecule has 4 N–H and O–H groups in total. The van der Waals surface area contributed by atoms with E-state index in [1.165, 1.54) is 5.69 Å². The van der Waals surface area contributed by atoms with E-state index in [2.05, 4.69) is 56.5 Å². The summed E-state index contributed by atoms with van der Waals surface area (Å²) < 4.78 is 14.5. The summed E-state index contributed by atoms with van der Waals surface area (Å²) in [6, 6.07) is 6.14. The molecule has 9 heteroatoms. The Kier molecular flexibility index (Phi) is 3.90. The van der Waals surface area contributed by atoms with Crippen molar-refractivity contribution in [2.75, 3.05) is 48.8 Å². The number of amides is 1. The molecular formula is C23H26FN7O. The number of rotatable bonds is 6. The Morgan fingerprint density at radius 2 is 1.94 bits per heavy atom. The van der Waals surface area contributed by atoms with E-state index in [9.17, 15) is 9.18 Å². The van der Waals surface area contributed by atoms with E-state index in [1.54, 1.807) is 0 Å². The number of hydrogen-bond acceptors (Lipinski definition) is 7. The van der Waals surface area contributed by atoms with Crippen LogP contribution in [0.3, 0.4) is 0 Å². The van der Waals surface area contributed by atoms with E-state index < -0.39 is 16.8 Å². The summed E-state index contributed by atoms with van der Waals surface area (Å²) in [5.41, 5.74) is 7.73. The molecule has 7 rings (SSSR count). The van der Waals surface area contributed by atoms with Crippen LogP contribution in [0.4, 0.5) is 27.5 Å². The predicted octanol–water partition coefficient (Wildman–Crippen LogP) is 1.87. The second-order valence-electron chi connectivity index (χ2n) is 9.37. The molecule has 2 saturated carbocycles. The van der Waals surface area contributed by atoms with Crippen LogP contribution in [0.25, 0.3) is 0 Å². The lowest BCUT2D eigenvalue weighted by Gasteiger charge is -2.35. The number of primary amides is 1. The maximum atomic E-state index is 14.5. The van der Waals surface area contributed by atoms with Crippen LogP contribution in [0.2, 0.25) is 0 Å². The summed E-state index contributed by atoms with van der Waals surface area (Å²) in [7, 11) is 2.14. The Morgan fingerprint density at radius 1 is 1.22 bits per heavy atom. The molecular weight excluding hydrogens is 409 g/mol. The molecule has 2 heterocycles. The van der Waals surface area contributed by atoms with Crippen molar-refractivity contribution < 1.29 is 9.18 Å². The third-order valence-corrected chi connectivity index (χ3v) is 7.75. The maximum Gasteiger partial charge on any atom is 0.229 e. The number of hydrogen-bond donors (Lipinski definition) is 3. The van der Waals surface area contributed by atoms with Gasteiger partial charge in [-0.2, -0.15) is 4.98 Å². The van der Waals surface area contributed by atoms with Crippen molar-refractivity contribution in [3.05, 3.63) is 47.9 Å². The molecule has 1 amide bonds. The highest BCUT2D eigenvalue weighted by Gasteiger charge is 3.02. The fraction of sp³-hybridized carbons (Fsp3) is 0.435. The first-order chi connectivity index (χ1) is 15.4. The molecule has 2 bridgehead atoms. The van der Waals surface area contributed by atoms with Gasteiger partial charge in [0, 0.05) is 49.4 Å². The SMILES string of the molecule is Cc1cc(Nc2ncc(F)c(N[C@]34C5C=C[C@@H]3[C@]54C(N)=O)n2)ccc1N1CCN(C)CC1. The first kappa shape index (κ1) is 19.5. The number of carbonyl (C=O) groups is 1. The number of benzene rings is 1. The number of piperazine rings is 1. The second kappa shape index (κ2) is 6.41. The van der Waals surface area contributed by atoms with E-state index in [1.807, 2.05) is 18.2 Å². The monoisotopic (exact) mass is 435 g/mol. The second-order valence-corrected chi connectivity index (χ2v) is 9.37. The Labute approximate surface area is 185 Å². The minimum absolute atomic E-state index is 0.0213. The van der Waals surface area contributed by atoms with Gasteiger partial charge in [0.15, 0.2) is 11.6 Å². The van der Waals surface area contributed by atoms with Crippen LogP contribution in [0, 0.1) is 30.0 Å². The summed E-state index contributed by atoms with van der Waals surface area (Å²) in [6.45, 7) is 6.20. The molecule has 4 atom stereocenters. The van der Waals surface area contributed by atoms with Gasteiger partial charge in [-0.25, -0.2) is 9.37 Å². The fourth-order valence-electron chi connectivity index (χ4n) is 5.97. The number of carbonyl (C=O) groups excluding carboxylic acids is 1. The average Bonchev–Trinajstić information content (AvgIpc) is 3.31. The van der Waals surface area contributed by atoms with Crippen molar-refractivity contribution in [3.63, 3.8) is 0 Å². The molecule has 5 aliphatic rings. The number of aromatic nitrogens is 2. The van der Waals surface area contributed by atoms with Gasteiger partial charge in [-0.15, -0.1) is 0 Å². The lowest BCUT2D eigenvalue weighted by molar-refractivity contribution is -0.121. The molecule has 2 aromatic rings. The molecule has 4 aliphatic carbocycles. The first-order valence-electron chi connectivity index (χ1n) is 11.0. The highest BCUT2D eigenvalue weighted by Crippen LogP contribution is 2.91. The van der Waals surface area contributed by atoms with E-state index in [0.29, 0.717) is 5.95 Å². The lowest BCUT2D eigenvalue weighted by atomic mass is 10.0. The van der Waals surface area contributed by atoms with Crippen molar-refractivity contribution in [3.8, 4) is 0 Å². The molecule has 0 radical (unpaired) electrons. The van der Waals surface area contributed by atoms with Crippen LogP contribution in [-0.4, -0.2) is 59.5 Å². The third-order valence-electron chi connectivity index (χ3n) is 7.75. The largest absolute Gasteiger partial charge is 0.369 e. The van der Waals surface area contributed by atoms with Gasteiger partial charge in [0.25, 0.3) is 0 Å². The summed E-state index contributed by atoms with van der Waals surface area (Å²) in [4.78, 5) is 25.1. The van der Waals surface area contributed by atoms with E-state index in [4.69, 9.17) is 5.73 Å². The molecule has 1 aromatic carbocycles. The van der Waals surface area contributed by atoms with E-state index in [0.717, 1.165) is 43.6 Å². The summed E-state index contributed by atoms with van der Waals surface area (Å²) in [5, 5.41) is 6.35. The first-order valence-corrected chi connectivity index (χ1v) is 11.0. The highest BCUT2D eigenvalue weighted by atomic mass is 19.1. The van der Waals surface area contributed by atoms with Crippen molar-refractivity contribution >= 4 is 29.0 Å². The standard InChI is InChI=1S/C23H26FN7O/c1-13-11-14(3-4-16(13)31-9-7-30(2)8-10-31)27-21-26-12-15(24)19(28-21)29-23-17-5-6-18(23)22(17,23)20(25)32/h3-6,11-12,17-18H,7-10H2,1-2H3,(H2,25,32)(H2,26,27,28,29)/t17-,18?,22-,23+/m1/s1. The van der Waals surface area contributed by atoms with Crippen LogP contribution < -0.4 is 21.3 Å². The van der Waals surface area contributed by atoms with Crippen LogP contribution in [0.1, 0.15) is 5.56 Å². The van der Waals surface area contributed by atoms with Gasteiger partial charge in [0.05, 0.1) is 17.2 Å². The van der Waals surface area contributed by atoms with E-state index in [-0.39, 0.29) is 23.6 Å². The summed E-state index contributed by atoms with van der Waals surface area (Å²) in [5.74, 6) is -0.464. The summed E-state index contributed by atoms with van der Waals surface area (Å²) >= 11 is 0. The fourth-order valence-corrected chi connectivity index (χ4v) is 5.97. The lowest BCUT2D eigenvalue weighted by Crippen LogP contribution is -2.44. The Balaban J connectivity index is 1.19. The molecule has 0 spiro atoms. The average molecular weight is 436 g/mol. The van der Waals surface area contributed by atoms with Gasteiger partial charge in [0.2, 0.25) is 11.9 Å². The normalized spacial score (nSPS) is 31.9. The molecule has 32 heavy (non-hydrogen) atoms. The van der Waals surface area contributed by atoms with Crippen molar-refractivity contribution in [1.29, 1.82) is 0 Å². The molecule has 1 aromatic heterocycles. The molecule has 1 unspecified atom stereocenters. The van der Waals surface area contributed by atoms with Gasteiger partial charge >= 0.3 is 0 Å². The number of nitrogens with zero attached hydrogens (tertiary/aromatic N) is 4. The van der Waals surface area contributed by atoms with Crippen LogP contribution in [-0.2, 0) is 4.79 Å². The molecule has 8 nitrogen and oxygen atoms in total. The van der Waals surface area contributed by atoms with Gasteiger partial charge in [-0.1, -0.05) is 12.2 Å². The quantitative estimate of drug-likeness (QED) is 0.596. The topological polar surface area (TPSA) is 99.4 Å². The van der Waals surface area contributed by atoms with Gasteiger partial charge in [-0.05, 0) is 37.7 Å². The maximum absolute atomic E-state index is 14.5. The number of nitrogens with one attached hydrogen (secondary N) is 2. The zero-order valence-electron chi connectivity index (χ0n) is 18.1. The Morgan fingerprint density at radius 3 is 2.56 bits per heavy atom. The number of halogens is 1. The highest BCUT2D eigenvalue weighted by molar-refractivity contribution is 5.99. The van der Waals surface area contributed by atoms with Crippen molar-refractivity contribution in [2.45, 2.75) is 12.5 Å². The Hall–Kier alpha value is -3.20. The molecule has 1 saturated heterocycles. The number of anilines is 4. The zero-order chi connectivity index (χ0) is 22.3. The van der Waals surface area contributed by atoms with E-state index >= 15 is 0 Å². The third kappa shape index (κ3) is 2.42. The number of aryl methyl sites for hydroxylation is 1. The number of nitrogens with two attached hydrogens (primary N) is 1. The Bertz CT molecular complexity index is 1140. The van der Waals surface area contributed by atoms with Crippen LogP contribution in [0.5, 0.6) is 0 Å². The minimum atomic E-state index is -0.603. The molecule has 166 valence electrons. The van der Waals surface area contributed by atoms with Crippen molar-refractivity contribution in [1.82, 2.24) is 14.9 Å². The smallest absolute Gasteiger partial charge is 0.229 e. The summed E-state index contributed by atoms with van der Waals surface area (Å²) in [6.07, 6.45) is 5.13. The zero-order valence-corrected chi connectivity index (χ0v) is 18.1.